The van der Waals surface area contributed by atoms with Gasteiger partial charge in [0, 0.05) is 19.1 Å². The first-order valence-electron chi connectivity index (χ1n) is 7.34. The Morgan fingerprint density at radius 3 is 2.95 bits per heavy atom. The van der Waals surface area contributed by atoms with Crippen molar-refractivity contribution in [3.8, 4) is 0 Å². The maximum Gasteiger partial charge on any atom is 0.249 e. The number of aromatic nitrogens is 2. The molecule has 1 unspecified atom stereocenters. The minimum absolute atomic E-state index is 0.000784. The molecule has 2 heterocycles. The number of likely N-dealkylation sites (tertiary alicyclic amines) is 1. The van der Waals surface area contributed by atoms with Crippen molar-refractivity contribution in [3.05, 3.63) is 11.7 Å². The second-order valence-electron chi connectivity index (χ2n) is 5.38. The number of amides is 1. The molecule has 0 aromatic carbocycles. The average molecular weight is 281 g/mol. The van der Waals surface area contributed by atoms with Gasteiger partial charge in [0.2, 0.25) is 11.8 Å². The van der Waals surface area contributed by atoms with E-state index in [1.807, 2.05) is 25.7 Å². The summed E-state index contributed by atoms with van der Waals surface area (Å²) >= 11 is 0. The number of hydrogen-bond acceptors (Lipinski definition) is 5. The molecule has 6 nitrogen and oxygen atoms in total. The smallest absolute Gasteiger partial charge is 0.249 e. The van der Waals surface area contributed by atoms with Crippen LogP contribution in [0.25, 0.3) is 0 Å². The van der Waals surface area contributed by atoms with Crippen molar-refractivity contribution in [2.24, 2.45) is 0 Å². The van der Waals surface area contributed by atoms with Crippen molar-refractivity contribution < 1.29 is 14.1 Å². The molecule has 1 atom stereocenters. The van der Waals surface area contributed by atoms with E-state index in [1.54, 1.807) is 0 Å². The van der Waals surface area contributed by atoms with Crippen molar-refractivity contribution in [3.63, 3.8) is 0 Å². The summed E-state index contributed by atoms with van der Waals surface area (Å²) in [5, 5.41) is 3.99. The van der Waals surface area contributed by atoms with Crippen LogP contribution in [0.1, 0.15) is 63.7 Å². The molecule has 1 aromatic heterocycles. The van der Waals surface area contributed by atoms with E-state index in [2.05, 4.69) is 10.1 Å². The number of rotatable bonds is 5. The van der Waals surface area contributed by atoms with Crippen LogP contribution in [-0.4, -0.2) is 40.7 Å². The number of piperidine rings is 1. The molecule has 6 heteroatoms. The molecule has 0 bridgehead atoms. The van der Waals surface area contributed by atoms with Gasteiger partial charge in [-0.05, 0) is 26.2 Å². The van der Waals surface area contributed by atoms with Gasteiger partial charge >= 0.3 is 0 Å². The molecule has 0 saturated carbocycles. The molecule has 0 aliphatic carbocycles. The summed E-state index contributed by atoms with van der Waals surface area (Å²) in [4.78, 5) is 18.4. The molecular weight excluding hydrogens is 258 g/mol. The lowest BCUT2D eigenvalue weighted by molar-refractivity contribution is -0.140. The highest BCUT2D eigenvalue weighted by atomic mass is 16.5. The molecule has 112 valence electrons. The molecule has 0 N–H and O–H groups in total. The molecule has 1 fully saturated rings. The molecule has 1 saturated heterocycles. The number of hydrogen-bond donors (Lipinski definition) is 0. The Balaban J connectivity index is 2.11. The van der Waals surface area contributed by atoms with Crippen molar-refractivity contribution in [1.29, 1.82) is 0 Å². The molecule has 2 rings (SSSR count). The van der Waals surface area contributed by atoms with E-state index in [0.717, 1.165) is 25.8 Å². The fourth-order valence-electron chi connectivity index (χ4n) is 2.38. The Labute approximate surface area is 119 Å². The molecule has 1 aromatic rings. The second-order valence-corrected chi connectivity index (χ2v) is 5.38. The van der Waals surface area contributed by atoms with E-state index in [0.29, 0.717) is 18.3 Å². The van der Waals surface area contributed by atoms with E-state index in [1.165, 1.54) is 0 Å². The first-order valence-corrected chi connectivity index (χ1v) is 7.34. The molecule has 1 aliphatic rings. The van der Waals surface area contributed by atoms with Crippen molar-refractivity contribution >= 4 is 5.91 Å². The Morgan fingerprint density at radius 2 is 2.30 bits per heavy atom. The van der Waals surface area contributed by atoms with E-state index in [4.69, 9.17) is 9.26 Å². The number of ether oxygens (including phenoxy) is 1. The summed E-state index contributed by atoms with van der Waals surface area (Å²) in [6.45, 7) is 7.32. The molecule has 1 aliphatic heterocycles. The third kappa shape index (κ3) is 3.36. The lowest BCUT2D eigenvalue weighted by atomic mass is 10.0. The average Bonchev–Trinajstić information content (AvgIpc) is 2.94. The van der Waals surface area contributed by atoms with Crippen LogP contribution in [0.5, 0.6) is 0 Å². The minimum Gasteiger partial charge on any atom is -0.372 e. The van der Waals surface area contributed by atoms with Crippen LogP contribution in [0.4, 0.5) is 0 Å². The minimum atomic E-state index is -0.100. The first kappa shape index (κ1) is 15.0. The first-order chi connectivity index (χ1) is 9.63. The van der Waals surface area contributed by atoms with Gasteiger partial charge in [0.25, 0.3) is 0 Å². The second kappa shape index (κ2) is 6.83. The predicted molar refractivity (Wildman–Crippen MR) is 73.2 cm³/mol. The van der Waals surface area contributed by atoms with Crippen LogP contribution in [0.3, 0.4) is 0 Å². The molecular formula is C14H23N3O3. The van der Waals surface area contributed by atoms with E-state index in [-0.39, 0.29) is 24.5 Å². The third-order valence-corrected chi connectivity index (χ3v) is 3.51. The summed E-state index contributed by atoms with van der Waals surface area (Å²) < 4.78 is 10.6. The standard InChI is InChI=1S/C14H23N3O3/c1-4-19-9-12(18)17-8-6-5-7-11(17)14-15-13(10(2)3)16-20-14/h10-11H,4-9H2,1-3H3. The highest BCUT2D eigenvalue weighted by molar-refractivity contribution is 5.78. The maximum atomic E-state index is 12.2. The molecule has 0 radical (unpaired) electrons. The van der Waals surface area contributed by atoms with Crippen LogP contribution >= 0.6 is 0 Å². The third-order valence-electron chi connectivity index (χ3n) is 3.51. The van der Waals surface area contributed by atoms with Crippen LogP contribution in [0.2, 0.25) is 0 Å². The Hall–Kier alpha value is -1.43. The lowest BCUT2D eigenvalue weighted by Gasteiger charge is -2.33. The van der Waals surface area contributed by atoms with E-state index >= 15 is 0 Å². The van der Waals surface area contributed by atoms with Crippen molar-refractivity contribution in [1.82, 2.24) is 15.0 Å². The maximum absolute atomic E-state index is 12.2. The predicted octanol–water partition coefficient (Wildman–Crippen LogP) is 2.28. The van der Waals surface area contributed by atoms with Gasteiger partial charge in [0.05, 0.1) is 0 Å². The van der Waals surface area contributed by atoms with Crippen molar-refractivity contribution in [2.75, 3.05) is 19.8 Å². The van der Waals surface area contributed by atoms with Crippen LogP contribution in [0.15, 0.2) is 4.52 Å². The SMILES string of the molecule is CCOCC(=O)N1CCCCC1c1nc(C(C)C)no1. The largest absolute Gasteiger partial charge is 0.372 e. The zero-order chi connectivity index (χ0) is 14.5. The number of nitrogens with zero attached hydrogens (tertiary/aromatic N) is 3. The number of carbonyl (C=O) groups excluding carboxylic acids is 1. The highest BCUT2D eigenvalue weighted by Crippen LogP contribution is 2.30. The Morgan fingerprint density at radius 1 is 1.50 bits per heavy atom. The Bertz CT molecular complexity index is 445. The van der Waals surface area contributed by atoms with Crippen LogP contribution in [0, 0.1) is 0 Å². The zero-order valence-corrected chi connectivity index (χ0v) is 12.5. The summed E-state index contributed by atoms with van der Waals surface area (Å²) in [7, 11) is 0. The van der Waals surface area contributed by atoms with Gasteiger partial charge < -0.3 is 14.2 Å². The highest BCUT2D eigenvalue weighted by Gasteiger charge is 2.32. The van der Waals surface area contributed by atoms with Gasteiger partial charge in [-0.3, -0.25) is 4.79 Å². The summed E-state index contributed by atoms with van der Waals surface area (Å²) in [6, 6.07) is -0.100. The lowest BCUT2D eigenvalue weighted by Crippen LogP contribution is -2.40. The monoisotopic (exact) mass is 281 g/mol. The van der Waals surface area contributed by atoms with E-state index in [9.17, 15) is 4.79 Å². The fourth-order valence-corrected chi connectivity index (χ4v) is 2.38. The van der Waals surface area contributed by atoms with Gasteiger partial charge in [-0.25, -0.2) is 0 Å². The van der Waals surface area contributed by atoms with Crippen molar-refractivity contribution in [2.45, 2.75) is 52.0 Å². The summed E-state index contributed by atoms with van der Waals surface area (Å²) in [6.07, 6.45) is 2.96. The van der Waals surface area contributed by atoms with Gasteiger partial charge in [-0.2, -0.15) is 4.98 Å². The molecule has 20 heavy (non-hydrogen) atoms. The molecule has 1 amide bonds. The molecule has 0 spiro atoms. The van der Waals surface area contributed by atoms with Crippen LogP contribution < -0.4 is 0 Å². The summed E-state index contributed by atoms with van der Waals surface area (Å²) in [5.41, 5.74) is 0. The van der Waals surface area contributed by atoms with Gasteiger partial charge in [0.15, 0.2) is 5.82 Å². The number of carbonyl (C=O) groups is 1. The summed E-state index contributed by atoms with van der Waals surface area (Å²) in [5.74, 6) is 1.48. The van der Waals surface area contributed by atoms with Gasteiger partial charge in [-0.1, -0.05) is 19.0 Å². The fraction of sp³-hybridized carbons (Fsp3) is 0.786. The zero-order valence-electron chi connectivity index (χ0n) is 12.5. The normalized spacial score (nSPS) is 19.6. The van der Waals surface area contributed by atoms with Gasteiger partial charge in [0.1, 0.15) is 12.6 Å². The van der Waals surface area contributed by atoms with Crippen LogP contribution in [-0.2, 0) is 9.53 Å². The quantitative estimate of drug-likeness (QED) is 0.828. The van der Waals surface area contributed by atoms with E-state index < -0.39 is 0 Å². The topological polar surface area (TPSA) is 68.5 Å². The van der Waals surface area contributed by atoms with Gasteiger partial charge in [-0.15, -0.1) is 0 Å². The Kier molecular flexibility index (Phi) is 5.11.